The first-order chi connectivity index (χ1) is 15.2. The Morgan fingerprint density at radius 1 is 1.26 bits per heavy atom. The Hall–Kier alpha value is -2.84. The molecular formula is C23H25N5O2S. The minimum Gasteiger partial charge on any atom is -0.342 e. The van der Waals surface area contributed by atoms with Gasteiger partial charge < -0.3 is 9.88 Å². The molecule has 0 radical (unpaired) electrons. The normalized spacial score (nSPS) is 18.8. The molecule has 1 amide bonds. The zero-order valence-corrected chi connectivity index (χ0v) is 18.1. The van der Waals surface area contributed by atoms with Crippen LogP contribution in [0.2, 0.25) is 0 Å². The molecule has 160 valence electrons. The van der Waals surface area contributed by atoms with Crippen LogP contribution in [0, 0.1) is 0 Å². The quantitative estimate of drug-likeness (QED) is 0.665. The summed E-state index contributed by atoms with van der Waals surface area (Å²) in [5, 5.41) is 1.99. The first kappa shape index (κ1) is 20.1. The zero-order chi connectivity index (χ0) is 21.2. The Balaban J connectivity index is 1.28. The number of rotatable bonds is 5. The fourth-order valence-corrected chi connectivity index (χ4v) is 5.17. The second-order valence-corrected chi connectivity index (χ2v) is 9.31. The van der Waals surface area contributed by atoms with Crippen molar-refractivity contribution in [3.63, 3.8) is 0 Å². The molecule has 2 aliphatic rings. The summed E-state index contributed by atoms with van der Waals surface area (Å²) in [7, 11) is 0. The highest BCUT2D eigenvalue weighted by molar-refractivity contribution is 7.10. The topological polar surface area (TPSA) is 82.2 Å². The van der Waals surface area contributed by atoms with Gasteiger partial charge in [-0.15, -0.1) is 11.3 Å². The molecule has 0 bridgehead atoms. The Labute approximate surface area is 184 Å². The minimum absolute atomic E-state index is 0.0237. The average Bonchev–Trinajstić information content (AvgIpc) is 3.46. The lowest BCUT2D eigenvalue weighted by atomic mass is 10.0. The summed E-state index contributed by atoms with van der Waals surface area (Å²) < 4.78 is 0. The Kier molecular flexibility index (Phi) is 5.65. The summed E-state index contributed by atoms with van der Waals surface area (Å²) in [6.45, 7) is 3.62. The van der Waals surface area contributed by atoms with E-state index in [9.17, 15) is 9.59 Å². The van der Waals surface area contributed by atoms with E-state index in [-0.39, 0.29) is 17.4 Å². The van der Waals surface area contributed by atoms with Crippen LogP contribution in [0.1, 0.15) is 39.9 Å². The van der Waals surface area contributed by atoms with Crippen molar-refractivity contribution in [2.24, 2.45) is 0 Å². The summed E-state index contributed by atoms with van der Waals surface area (Å²) in [6.07, 6.45) is 5.64. The molecule has 0 aromatic carbocycles. The van der Waals surface area contributed by atoms with E-state index in [0.29, 0.717) is 32.5 Å². The number of thiophene rings is 1. The number of H-pyrrole nitrogens is 1. The smallest absolute Gasteiger partial charge is 0.254 e. The lowest BCUT2D eigenvalue weighted by Crippen LogP contribution is -2.36. The third-order valence-corrected chi connectivity index (χ3v) is 7.01. The van der Waals surface area contributed by atoms with Crippen LogP contribution >= 0.6 is 11.3 Å². The molecule has 0 unspecified atom stereocenters. The third kappa shape index (κ3) is 4.45. The number of carbonyl (C=O) groups is 1. The number of nitrogens with zero attached hydrogens (tertiary/aromatic N) is 4. The van der Waals surface area contributed by atoms with Gasteiger partial charge in [-0.25, -0.2) is 4.98 Å². The van der Waals surface area contributed by atoms with Crippen molar-refractivity contribution in [1.29, 1.82) is 0 Å². The van der Waals surface area contributed by atoms with Crippen molar-refractivity contribution >= 4 is 17.2 Å². The van der Waals surface area contributed by atoms with E-state index in [0.717, 1.165) is 47.0 Å². The molecule has 1 fully saturated rings. The number of aromatic amines is 1. The Morgan fingerprint density at radius 2 is 2.19 bits per heavy atom. The predicted octanol–water partition coefficient (Wildman–Crippen LogP) is 2.34. The van der Waals surface area contributed by atoms with Gasteiger partial charge in [-0.05, 0) is 35.9 Å². The largest absolute Gasteiger partial charge is 0.342 e. The predicted molar refractivity (Wildman–Crippen MR) is 119 cm³/mol. The Bertz CT molecular complexity index is 1110. The number of amides is 1. The van der Waals surface area contributed by atoms with Crippen molar-refractivity contribution in [2.75, 3.05) is 19.6 Å². The number of fused-ring (bicyclic) bond motifs is 1. The van der Waals surface area contributed by atoms with E-state index in [1.807, 2.05) is 34.7 Å². The first-order valence-corrected chi connectivity index (χ1v) is 11.6. The van der Waals surface area contributed by atoms with E-state index in [2.05, 4.69) is 20.9 Å². The Morgan fingerprint density at radius 3 is 3.00 bits per heavy atom. The molecule has 0 saturated carbocycles. The minimum atomic E-state index is -0.0237. The van der Waals surface area contributed by atoms with Crippen molar-refractivity contribution in [3.05, 3.63) is 79.9 Å². The SMILES string of the molecule is O=C(Cc1cccs1)N1CC[C@H](c2nc3c(c(=O)[nH]2)CCN(Cc2cccnc2)C3)C1. The van der Waals surface area contributed by atoms with Crippen molar-refractivity contribution in [2.45, 2.75) is 38.3 Å². The average molecular weight is 436 g/mol. The van der Waals surface area contributed by atoms with Crippen molar-refractivity contribution in [3.8, 4) is 0 Å². The summed E-state index contributed by atoms with van der Waals surface area (Å²) >= 11 is 1.61. The zero-order valence-electron chi connectivity index (χ0n) is 17.3. The van der Waals surface area contributed by atoms with Crippen LogP contribution in [-0.4, -0.2) is 50.3 Å². The van der Waals surface area contributed by atoms with Gasteiger partial charge in [0.25, 0.3) is 5.56 Å². The second-order valence-electron chi connectivity index (χ2n) is 8.28. The molecule has 3 aromatic heterocycles. The molecule has 3 aromatic rings. The molecule has 2 aliphatic heterocycles. The standard InChI is InChI=1S/C23H25N5O2S/c29-21(11-18-4-2-10-31-18)28-9-5-17(14-28)22-25-20-15-27(8-6-19(20)23(30)26-22)13-16-3-1-7-24-12-16/h1-4,7,10,12,17H,5-6,8-9,11,13-15H2,(H,25,26,30)/t17-/m0/s1. The molecular weight excluding hydrogens is 410 g/mol. The van der Waals surface area contributed by atoms with Gasteiger partial charge in [0.15, 0.2) is 0 Å². The number of aromatic nitrogens is 3. The molecule has 31 heavy (non-hydrogen) atoms. The molecule has 0 spiro atoms. The highest BCUT2D eigenvalue weighted by Crippen LogP contribution is 2.26. The fourth-order valence-electron chi connectivity index (χ4n) is 4.48. The maximum atomic E-state index is 12.7. The van der Waals surface area contributed by atoms with E-state index >= 15 is 0 Å². The van der Waals surface area contributed by atoms with Crippen LogP contribution in [0.5, 0.6) is 0 Å². The second kappa shape index (κ2) is 8.72. The molecule has 8 heteroatoms. The van der Waals surface area contributed by atoms with Gasteiger partial charge in [0.1, 0.15) is 5.82 Å². The summed E-state index contributed by atoms with van der Waals surface area (Å²) in [5.41, 5.74) is 2.81. The molecule has 5 rings (SSSR count). The van der Waals surface area contributed by atoms with Gasteiger partial charge in [0.05, 0.1) is 12.1 Å². The number of pyridine rings is 1. The van der Waals surface area contributed by atoms with E-state index in [1.54, 1.807) is 17.5 Å². The molecule has 1 atom stereocenters. The lowest BCUT2D eigenvalue weighted by molar-refractivity contribution is -0.129. The van der Waals surface area contributed by atoms with Gasteiger partial charge in [-0.3, -0.25) is 19.5 Å². The van der Waals surface area contributed by atoms with E-state index in [4.69, 9.17) is 4.98 Å². The molecule has 1 saturated heterocycles. The van der Waals surface area contributed by atoms with Crippen LogP contribution in [-0.2, 0) is 30.7 Å². The summed E-state index contributed by atoms with van der Waals surface area (Å²) in [6, 6.07) is 7.98. The van der Waals surface area contributed by atoms with Gasteiger partial charge >= 0.3 is 0 Å². The molecule has 7 nitrogen and oxygen atoms in total. The highest BCUT2D eigenvalue weighted by Gasteiger charge is 2.30. The number of carbonyl (C=O) groups excluding carboxylic acids is 1. The summed E-state index contributed by atoms with van der Waals surface area (Å²) in [5.74, 6) is 0.949. The number of nitrogens with one attached hydrogen (secondary N) is 1. The first-order valence-electron chi connectivity index (χ1n) is 10.7. The van der Waals surface area contributed by atoms with Crippen LogP contribution < -0.4 is 5.56 Å². The van der Waals surface area contributed by atoms with Crippen molar-refractivity contribution in [1.82, 2.24) is 24.8 Å². The highest BCUT2D eigenvalue weighted by atomic mass is 32.1. The maximum Gasteiger partial charge on any atom is 0.254 e. The van der Waals surface area contributed by atoms with Gasteiger partial charge in [0, 0.05) is 61.5 Å². The number of likely N-dealkylation sites (tertiary alicyclic amines) is 1. The number of hydrogen-bond donors (Lipinski definition) is 1. The summed E-state index contributed by atoms with van der Waals surface area (Å²) in [4.78, 5) is 42.7. The van der Waals surface area contributed by atoms with Crippen LogP contribution in [0.4, 0.5) is 0 Å². The van der Waals surface area contributed by atoms with Crippen LogP contribution in [0.3, 0.4) is 0 Å². The van der Waals surface area contributed by atoms with Crippen LogP contribution in [0.25, 0.3) is 0 Å². The van der Waals surface area contributed by atoms with Crippen molar-refractivity contribution < 1.29 is 4.79 Å². The van der Waals surface area contributed by atoms with Crippen LogP contribution in [0.15, 0.2) is 46.8 Å². The fraction of sp³-hybridized carbons (Fsp3) is 0.391. The van der Waals surface area contributed by atoms with Gasteiger partial charge in [0.2, 0.25) is 5.91 Å². The van der Waals surface area contributed by atoms with E-state index < -0.39 is 0 Å². The van der Waals surface area contributed by atoms with E-state index in [1.165, 1.54) is 0 Å². The van der Waals surface area contributed by atoms with Gasteiger partial charge in [-0.2, -0.15) is 0 Å². The maximum absolute atomic E-state index is 12.7. The third-order valence-electron chi connectivity index (χ3n) is 6.13. The monoisotopic (exact) mass is 435 g/mol. The molecule has 1 N–H and O–H groups in total. The molecule has 0 aliphatic carbocycles. The molecule has 5 heterocycles. The lowest BCUT2D eigenvalue weighted by Gasteiger charge is -2.28. The van der Waals surface area contributed by atoms with Gasteiger partial charge in [-0.1, -0.05) is 12.1 Å². The number of hydrogen-bond acceptors (Lipinski definition) is 6.